The van der Waals surface area contributed by atoms with Crippen molar-refractivity contribution in [3.05, 3.63) is 83.9 Å². The van der Waals surface area contributed by atoms with Crippen LogP contribution in [0.5, 0.6) is 0 Å². The zero-order chi connectivity index (χ0) is 15.4. The van der Waals surface area contributed by atoms with Gasteiger partial charge in [0.05, 0.1) is 0 Å². The topological polar surface area (TPSA) is 20.2 Å². The van der Waals surface area contributed by atoms with E-state index in [9.17, 15) is 0 Å². The van der Waals surface area contributed by atoms with Gasteiger partial charge in [-0.05, 0) is 46.7 Å². The summed E-state index contributed by atoms with van der Waals surface area (Å²) in [6, 6.07) is 26.1. The molecule has 0 atom stereocenters. The number of hydrogen-bond donors (Lipinski definition) is 1. The summed E-state index contributed by atoms with van der Waals surface area (Å²) in [5.41, 5.74) is 8.39. The number of hydrogen-bond acceptors (Lipinski definition) is 1. The van der Waals surface area contributed by atoms with Crippen molar-refractivity contribution >= 4 is 0 Å². The Morgan fingerprint density at radius 1 is 0.727 bits per heavy atom. The molecular formula is C21H20O. The Balaban J connectivity index is 0.000000446. The number of aliphatic hydroxyl groups is 1. The zero-order valence-electron chi connectivity index (χ0n) is 12.8. The minimum atomic E-state index is 0.250. The molecule has 0 heterocycles. The molecule has 0 amide bonds. The van der Waals surface area contributed by atoms with E-state index < -0.39 is 0 Å². The quantitative estimate of drug-likeness (QED) is 0.527. The lowest BCUT2D eigenvalue weighted by atomic mass is 9.96. The summed E-state index contributed by atoms with van der Waals surface area (Å²) >= 11 is 0. The van der Waals surface area contributed by atoms with Gasteiger partial charge in [-0.2, -0.15) is 0 Å². The summed E-state index contributed by atoms with van der Waals surface area (Å²) in [5, 5.41) is 7.57. The van der Waals surface area contributed by atoms with Crippen molar-refractivity contribution in [3.63, 3.8) is 0 Å². The lowest BCUT2D eigenvalue weighted by Crippen LogP contribution is -1.87. The highest BCUT2D eigenvalue weighted by atomic mass is 16.2. The average Bonchev–Trinajstić information content (AvgIpc) is 2.95. The summed E-state index contributed by atoms with van der Waals surface area (Å²) < 4.78 is 0. The minimum absolute atomic E-state index is 0.250. The SMILES string of the molecule is CCO.c1ccc(-c2cccc3c2Cc2ccccc2-3)cc1. The van der Waals surface area contributed by atoms with E-state index in [-0.39, 0.29) is 6.61 Å². The van der Waals surface area contributed by atoms with Gasteiger partial charge in [0.25, 0.3) is 0 Å². The van der Waals surface area contributed by atoms with Crippen LogP contribution in [-0.2, 0) is 6.42 Å². The second-order valence-electron chi connectivity index (χ2n) is 5.35. The fraction of sp³-hybridized carbons (Fsp3) is 0.143. The minimum Gasteiger partial charge on any atom is -0.397 e. The van der Waals surface area contributed by atoms with Crippen molar-refractivity contribution in [2.45, 2.75) is 13.3 Å². The van der Waals surface area contributed by atoms with E-state index in [1.807, 2.05) is 0 Å². The molecule has 0 aromatic heterocycles. The molecular weight excluding hydrogens is 268 g/mol. The summed E-state index contributed by atoms with van der Waals surface area (Å²) in [7, 11) is 0. The van der Waals surface area contributed by atoms with E-state index in [0.717, 1.165) is 6.42 Å². The maximum absolute atomic E-state index is 7.57. The molecule has 0 radical (unpaired) electrons. The molecule has 0 saturated heterocycles. The Morgan fingerprint density at radius 2 is 1.32 bits per heavy atom. The van der Waals surface area contributed by atoms with Gasteiger partial charge < -0.3 is 5.11 Å². The van der Waals surface area contributed by atoms with Gasteiger partial charge in [0.15, 0.2) is 0 Å². The van der Waals surface area contributed by atoms with Gasteiger partial charge in [0.2, 0.25) is 0 Å². The monoisotopic (exact) mass is 288 g/mol. The van der Waals surface area contributed by atoms with Crippen molar-refractivity contribution in [2.24, 2.45) is 0 Å². The Bertz CT molecular complexity index is 760. The van der Waals surface area contributed by atoms with Crippen molar-refractivity contribution in [2.75, 3.05) is 6.61 Å². The average molecular weight is 288 g/mol. The second kappa shape index (κ2) is 6.59. The van der Waals surface area contributed by atoms with Crippen molar-refractivity contribution < 1.29 is 5.11 Å². The maximum atomic E-state index is 7.57. The molecule has 3 aromatic carbocycles. The number of aliphatic hydroxyl groups excluding tert-OH is 1. The van der Waals surface area contributed by atoms with E-state index in [4.69, 9.17) is 5.11 Å². The molecule has 1 aliphatic carbocycles. The fourth-order valence-electron chi connectivity index (χ4n) is 3.05. The van der Waals surface area contributed by atoms with Gasteiger partial charge in [0, 0.05) is 6.61 Å². The Morgan fingerprint density at radius 3 is 2.09 bits per heavy atom. The highest BCUT2D eigenvalue weighted by Gasteiger charge is 2.20. The largest absolute Gasteiger partial charge is 0.397 e. The highest BCUT2D eigenvalue weighted by Crippen LogP contribution is 2.41. The first-order valence-electron chi connectivity index (χ1n) is 7.71. The molecule has 1 heteroatoms. The Hall–Kier alpha value is -2.38. The van der Waals surface area contributed by atoms with Crippen LogP contribution in [0, 0.1) is 0 Å². The van der Waals surface area contributed by atoms with Gasteiger partial charge in [-0.3, -0.25) is 0 Å². The van der Waals surface area contributed by atoms with E-state index >= 15 is 0 Å². The van der Waals surface area contributed by atoms with Crippen LogP contribution in [0.4, 0.5) is 0 Å². The molecule has 0 bridgehead atoms. The molecule has 1 N–H and O–H groups in total. The number of fused-ring (bicyclic) bond motifs is 3. The lowest BCUT2D eigenvalue weighted by molar-refractivity contribution is 0.318. The molecule has 1 nitrogen and oxygen atoms in total. The van der Waals surface area contributed by atoms with E-state index in [2.05, 4.69) is 72.8 Å². The van der Waals surface area contributed by atoms with Crippen LogP contribution in [0.3, 0.4) is 0 Å². The van der Waals surface area contributed by atoms with Crippen LogP contribution in [0.1, 0.15) is 18.1 Å². The summed E-state index contributed by atoms with van der Waals surface area (Å²) in [5.74, 6) is 0. The predicted octanol–water partition coefficient (Wildman–Crippen LogP) is 4.92. The number of benzene rings is 3. The standard InChI is InChI=1S/C19H14.C2H6O/c1-2-7-14(8-3-1)16-11-6-12-18-17-10-5-4-9-15(17)13-19(16)18;1-2-3/h1-12H,13H2;3H,2H2,1H3. The molecule has 1 aliphatic rings. The molecule has 0 spiro atoms. The van der Waals surface area contributed by atoms with Gasteiger partial charge in [-0.25, -0.2) is 0 Å². The molecule has 0 fully saturated rings. The van der Waals surface area contributed by atoms with E-state index in [1.165, 1.54) is 33.4 Å². The van der Waals surface area contributed by atoms with Crippen LogP contribution >= 0.6 is 0 Å². The molecule has 0 aliphatic heterocycles. The number of rotatable bonds is 1. The third kappa shape index (κ3) is 2.68. The normalized spacial score (nSPS) is 11.2. The first-order chi connectivity index (χ1) is 10.8. The first kappa shape index (κ1) is 14.6. The fourth-order valence-corrected chi connectivity index (χ4v) is 3.05. The van der Waals surface area contributed by atoms with E-state index in [1.54, 1.807) is 6.92 Å². The molecule has 22 heavy (non-hydrogen) atoms. The van der Waals surface area contributed by atoms with Crippen LogP contribution in [-0.4, -0.2) is 11.7 Å². The maximum Gasteiger partial charge on any atom is 0.0402 e. The van der Waals surface area contributed by atoms with Gasteiger partial charge in [0.1, 0.15) is 0 Å². The predicted molar refractivity (Wildman–Crippen MR) is 92.9 cm³/mol. The van der Waals surface area contributed by atoms with Crippen molar-refractivity contribution in [1.29, 1.82) is 0 Å². The molecule has 0 saturated carbocycles. The Labute approximate surface area is 131 Å². The van der Waals surface area contributed by atoms with Gasteiger partial charge in [-0.1, -0.05) is 72.8 Å². The highest BCUT2D eigenvalue weighted by molar-refractivity contribution is 5.84. The van der Waals surface area contributed by atoms with Crippen molar-refractivity contribution in [1.82, 2.24) is 0 Å². The molecule has 3 aromatic rings. The van der Waals surface area contributed by atoms with E-state index in [0.29, 0.717) is 0 Å². The zero-order valence-corrected chi connectivity index (χ0v) is 12.8. The Kier molecular flexibility index (Phi) is 4.36. The third-order valence-electron chi connectivity index (χ3n) is 3.94. The third-order valence-corrected chi connectivity index (χ3v) is 3.94. The van der Waals surface area contributed by atoms with Gasteiger partial charge in [-0.15, -0.1) is 0 Å². The van der Waals surface area contributed by atoms with Crippen LogP contribution < -0.4 is 0 Å². The molecule has 0 unspecified atom stereocenters. The van der Waals surface area contributed by atoms with Crippen LogP contribution in [0.25, 0.3) is 22.3 Å². The first-order valence-corrected chi connectivity index (χ1v) is 7.71. The van der Waals surface area contributed by atoms with Crippen LogP contribution in [0.2, 0.25) is 0 Å². The van der Waals surface area contributed by atoms with Gasteiger partial charge >= 0.3 is 0 Å². The summed E-state index contributed by atoms with van der Waals surface area (Å²) in [6.45, 7) is 1.93. The summed E-state index contributed by atoms with van der Waals surface area (Å²) in [6.07, 6.45) is 1.05. The molecule has 110 valence electrons. The van der Waals surface area contributed by atoms with Crippen LogP contribution in [0.15, 0.2) is 72.8 Å². The second-order valence-corrected chi connectivity index (χ2v) is 5.35. The summed E-state index contributed by atoms with van der Waals surface area (Å²) in [4.78, 5) is 0. The van der Waals surface area contributed by atoms with Crippen molar-refractivity contribution in [3.8, 4) is 22.3 Å². The lowest BCUT2D eigenvalue weighted by Gasteiger charge is -2.08. The molecule has 4 rings (SSSR count). The smallest absolute Gasteiger partial charge is 0.0402 e.